The molecule has 1 aromatic heterocycles. The van der Waals surface area contributed by atoms with Crippen molar-refractivity contribution in [3.63, 3.8) is 0 Å². The van der Waals surface area contributed by atoms with Crippen LogP contribution in [0.4, 0.5) is 4.79 Å². The molecular weight excluding hydrogens is 452 g/mol. The molecule has 0 radical (unpaired) electrons. The number of methoxy groups -OCH3 is 1. The molecule has 0 unspecified atom stereocenters. The van der Waals surface area contributed by atoms with Crippen molar-refractivity contribution in [2.75, 3.05) is 40.0 Å². The number of benzene rings is 1. The van der Waals surface area contributed by atoms with E-state index in [4.69, 9.17) is 14.7 Å². The smallest absolute Gasteiger partial charge is 0.409 e. The zero-order valence-electron chi connectivity index (χ0n) is 18.3. The van der Waals surface area contributed by atoms with Crippen LogP contribution in [-0.4, -0.2) is 85.8 Å². The van der Waals surface area contributed by atoms with E-state index >= 15 is 0 Å². The molecular formula is C21H26N4O7S. The monoisotopic (exact) mass is 478 g/mol. The maximum atomic E-state index is 13.3. The van der Waals surface area contributed by atoms with Crippen molar-refractivity contribution in [3.8, 4) is 11.3 Å². The van der Waals surface area contributed by atoms with Crippen LogP contribution in [0, 0.1) is 6.92 Å². The van der Waals surface area contributed by atoms with Crippen LogP contribution in [0.2, 0.25) is 0 Å². The first-order valence-electron chi connectivity index (χ1n) is 10.2. The van der Waals surface area contributed by atoms with Crippen molar-refractivity contribution in [1.82, 2.24) is 19.7 Å². The molecule has 1 aromatic carbocycles. The number of carbonyl (C=O) groups excluding carboxylic acids is 2. The van der Waals surface area contributed by atoms with E-state index in [9.17, 15) is 18.0 Å². The second-order valence-electron chi connectivity index (χ2n) is 7.41. The molecule has 11 nitrogen and oxygen atoms in total. The Bertz CT molecular complexity index is 1090. The molecule has 12 heteroatoms. The van der Waals surface area contributed by atoms with E-state index in [-0.39, 0.29) is 37.7 Å². The summed E-state index contributed by atoms with van der Waals surface area (Å²) < 4.78 is 37.4. The van der Waals surface area contributed by atoms with Gasteiger partial charge in [0.05, 0.1) is 12.3 Å². The first-order valence-corrected chi connectivity index (χ1v) is 11.6. The molecule has 3 rings (SSSR count). The highest BCUT2D eigenvalue weighted by molar-refractivity contribution is 7.89. The third-order valence-corrected chi connectivity index (χ3v) is 7.06. The molecule has 1 saturated heterocycles. The van der Waals surface area contributed by atoms with Gasteiger partial charge < -0.3 is 14.4 Å². The van der Waals surface area contributed by atoms with Gasteiger partial charge in [-0.2, -0.15) is 4.31 Å². The van der Waals surface area contributed by atoms with Gasteiger partial charge in [-0.05, 0) is 25.1 Å². The quantitative estimate of drug-likeness (QED) is 0.342. The number of piperazine rings is 1. The molecule has 2 heterocycles. The Balaban J connectivity index is 1.81. The molecule has 2 N–H and O–H groups in total. The van der Waals surface area contributed by atoms with Crippen LogP contribution in [-0.2, 0) is 24.3 Å². The Labute approximate surface area is 191 Å². The van der Waals surface area contributed by atoms with Crippen LogP contribution in [0.25, 0.3) is 11.3 Å². The number of rotatable bonds is 7. The number of amides is 2. The summed E-state index contributed by atoms with van der Waals surface area (Å²) in [5.74, 6) is -0.961. The summed E-state index contributed by atoms with van der Waals surface area (Å²) >= 11 is 0. The Morgan fingerprint density at radius 2 is 2.00 bits per heavy atom. The molecule has 33 heavy (non-hydrogen) atoms. The number of aromatic nitrogens is 1. The van der Waals surface area contributed by atoms with Crippen molar-refractivity contribution in [1.29, 1.82) is 0 Å². The van der Waals surface area contributed by atoms with E-state index in [1.165, 1.54) is 29.8 Å². The van der Waals surface area contributed by atoms with Gasteiger partial charge in [0.2, 0.25) is 10.0 Å². The highest BCUT2D eigenvalue weighted by Crippen LogP contribution is 2.24. The third kappa shape index (κ3) is 5.66. The molecule has 1 fully saturated rings. The van der Waals surface area contributed by atoms with Gasteiger partial charge in [-0.15, -0.1) is 0 Å². The van der Waals surface area contributed by atoms with Crippen molar-refractivity contribution < 1.29 is 32.7 Å². The number of nitrogens with zero attached hydrogens (tertiary/aromatic N) is 3. The van der Waals surface area contributed by atoms with Gasteiger partial charge in [-0.25, -0.2) is 18.7 Å². The fourth-order valence-electron chi connectivity index (χ4n) is 3.45. The minimum atomic E-state index is -4.14. The first kappa shape index (κ1) is 24.6. The summed E-state index contributed by atoms with van der Waals surface area (Å²) in [6.45, 7) is 1.72. The van der Waals surface area contributed by atoms with Gasteiger partial charge in [0.1, 0.15) is 17.5 Å². The SMILES string of the molecule is COCCOC(=O)N1CCN(S(=O)(=O)c2ccc(-c3cccc(C)c3)nc2)[C@@H](C(=O)NO)C1. The second kappa shape index (κ2) is 10.7. The zero-order chi connectivity index (χ0) is 24.0. The number of sulfonamides is 1. The van der Waals surface area contributed by atoms with Crippen LogP contribution < -0.4 is 5.48 Å². The largest absolute Gasteiger partial charge is 0.447 e. The number of hydrogen-bond acceptors (Lipinski definition) is 8. The number of aryl methyl sites for hydroxylation is 1. The van der Waals surface area contributed by atoms with Gasteiger partial charge in [0.15, 0.2) is 0 Å². The van der Waals surface area contributed by atoms with E-state index in [0.717, 1.165) is 15.4 Å². The Morgan fingerprint density at radius 1 is 1.21 bits per heavy atom. The van der Waals surface area contributed by atoms with Crippen LogP contribution in [0.5, 0.6) is 0 Å². The van der Waals surface area contributed by atoms with E-state index in [1.807, 2.05) is 31.2 Å². The molecule has 178 valence electrons. The molecule has 0 bridgehead atoms. The molecule has 1 aliphatic heterocycles. The predicted molar refractivity (Wildman–Crippen MR) is 117 cm³/mol. The number of ether oxygens (including phenoxy) is 2. The van der Waals surface area contributed by atoms with Gasteiger partial charge in [-0.1, -0.05) is 23.8 Å². The number of hydrogen-bond donors (Lipinski definition) is 2. The minimum Gasteiger partial charge on any atom is -0.447 e. The summed E-state index contributed by atoms with van der Waals surface area (Å²) in [5, 5.41) is 9.14. The summed E-state index contributed by atoms with van der Waals surface area (Å²) in [6, 6.07) is 9.29. The lowest BCUT2D eigenvalue weighted by Gasteiger charge is -2.38. The summed E-state index contributed by atoms with van der Waals surface area (Å²) in [7, 11) is -2.68. The van der Waals surface area contributed by atoms with Crippen LogP contribution in [0.15, 0.2) is 47.5 Å². The fraction of sp³-hybridized carbons (Fsp3) is 0.381. The molecule has 0 saturated carbocycles. The Hall–Kier alpha value is -3.06. The van der Waals surface area contributed by atoms with Crippen molar-refractivity contribution in [2.45, 2.75) is 17.9 Å². The normalized spacial score (nSPS) is 16.9. The van der Waals surface area contributed by atoms with Gasteiger partial charge in [0.25, 0.3) is 5.91 Å². The van der Waals surface area contributed by atoms with E-state index in [1.54, 1.807) is 6.07 Å². The number of pyridine rings is 1. The topological polar surface area (TPSA) is 138 Å². The maximum Gasteiger partial charge on any atom is 0.409 e. The average molecular weight is 479 g/mol. The summed E-state index contributed by atoms with van der Waals surface area (Å²) in [6.07, 6.45) is 0.524. The van der Waals surface area contributed by atoms with Crippen molar-refractivity contribution in [3.05, 3.63) is 48.2 Å². The third-order valence-electron chi connectivity index (χ3n) is 5.17. The fourth-order valence-corrected chi connectivity index (χ4v) is 4.97. The molecule has 2 aromatic rings. The molecule has 2 amide bonds. The molecule has 1 aliphatic rings. The Kier molecular flexibility index (Phi) is 7.97. The van der Waals surface area contributed by atoms with Gasteiger partial charge in [-0.3, -0.25) is 15.0 Å². The van der Waals surface area contributed by atoms with Crippen molar-refractivity contribution >= 4 is 22.0 Å². The van der Waals surface area contributed by atoms with E-state index < -0.39 is 28.1 Å². The standard InChI is InChI=1S/C21H26N4O7S/c1-15-4-3-5-16(12-15)18-7-6-17(13-22-18)33(29,30)25-9-8-24(14-19(25)20(26)23-28)21(27)32-11-10-31-2/h3-7,12-13,19,28H,8-11,14H2,1-2H3,(H,23,26)/t19-/m1/s1. The predicted octanol–water partition coefficient (Wildman–Crippen LogP) is 1.02. The lowest BCUT2D eigenvalue weighted by molar-refractivity contribution is -0.134. The lowest BCUT2D eigenvalue weighted by Crippen LogP contribution is -2.61. The van der Waals surface area contributed by atoms with Crippen LogP contribution >= 0.6 is 0 Å². The number of carbonyl (C=O) groups is 2. The molecule has 0 aliphatic carbocycles. The highest BCUT2D eigenvalue weighted by Gasteiger charge is 2.41. The first-order chi connectivity index (χ1) is 15.8. The second-order valence-corrected chi connectivity index (χ2v) is 9.30. The number of hydroxylamine groups is 1. The molecule has 1 atom stereocenters. The minimum absolute atomic E-state index is 0.00899. The van der Waals surface area contributed by atoms with E-state index in [2.05, 4.69) is 4.98 Å². The van der Waals surface area contributed by atoms with Crippen LogP contribution in [0.1, 0.15) is 5.56 Å². The van der Waals surface area contributed by atoms with Crippen molar-refractivity contribution in [2.24, 2.45) is 0 Å². The molecule has 0 spiro atoms. The van der Waals surface area contributed by atoms with Gasteiger partial charge >= 0.3 is 6.09 Å². The average Bonchev–Trinajstić information content (AvgIpc) is 2.83. The Morgan fingerprint density at radius 3 is 2.64 bits per heavy atom. The zero-order valence-corrected chi connectivity index (χ0v) is 19.1. The lowest BCUT2D eigenvalue weighted by atomic mass is 10.1. The summed E-state index contributed by atoms with van der Waals surface area (Å²) in [4.78, 5) is 29.9. The van der Waals surface area contributed by atoms with E-state index in [0.29, 0.717) is 5.69 Å². The summed E-state index contributed by atoms with van der Waals surface area (Å²) in [5.41, 5.74) is 3.97. The van der Waals surface area contributed by atoms with Crippen LogP contribution in [0.3, 0.4) is 0 Å². The number of nitrogens with one attached hydrogen (secondary N) is 1. The highest BCUT2D eigenvalue weighted by atomic mass is 32.2. The maximum absolute atomic E-state index is 13.3. The van der Waals surface area contributed by atoms with Gasteiger partial charge in [0, 0.05) is 38.5 Å².